The van der Waals surface area contributed by atoms with Crippen molar-refractivity contribution in [1.82, 2.24) is 14.0 Å². The standard InChI is InChI=1S/C25H23BrN4O5/c1-3-35-25(33)18-15-17-21(27-20-11-6-7-12-29(20)24(17)32)30(13-8-14-34-2)22(18)28-23(31)16-9-4-5-10-19(16)26/h4-7,9-12,15H,3,8,13-14H2,1-2H3. The second kappa shape index (κ2) is 10.7. The Labute approximate surface area is 208 Å². The molecule has 3 heterocycles. The molecule has 4 rings (SSSR count). The van der Waals surface area contributed by atoms with Gasteiger partial charge < -0.3 is 14.0 Å². The van der Waals surface area contributed by atoms with Crippen LogP contribution in [0.3, 0.4) is 0 Å². The molecule has 0 bridgehead atoms. The second-order valence-corrected chi connectivity index (χ2v) is 8.43. The molecule has 180 valence electrons. The Balaban J connectivity index is 2.10. The number of ether oxygens (including phenoxy) is 2. The van der Waals surface area contributed by atoms with E-state index in [0.29, 0.717) is 40.9 Å². The maximum atomic E-state index is 13.3. The van der Waals surface area contributed by atoms with Gasteiger partial charge in [0.25, 0.3) is 11.5 Å². The number of nitrogens with zero attached hydrogens (tertiary/aromatic N) is 4. The summed E-state index contributed by atoms with van der Waals surface area (Å²) in [5.41, 5.74) is 0.797. The predicted molar refractivity (Wildman–Crippen MR) is 133 cm³/mol. The third-order valence-corrected chi connectivity index (χ3v) is 6.02. The zero-order valence-corrected chi connectivity index (χ0v) is 20.8. The monoisotopic (exact) mass is 538 g/mol. The summed E-state index contributed by atoms with van der Waals surface area (Å²) in [5, 5.41) is 0.210. The molecule has 0 unspecified atom stereocenters. The van der Waals surface area contributed by atoms with E-state index in [9.17, 15) is 14.4 Å². The summed E-state index contributed by atoms with van der Waals surface area (Å²) < 4.78 is 14.0. The number of amides is 1. The van der Waals surface area contributed by atoms with E-state index in [1.807, 2.05) is 0 Å². The van der Waals surface area contributed by atoms with Crippen molar-refractivity contribution in [2.75, 3.05) is 20.3 Å². The van der Waals surface area contributed by atoms with E-state index < -0.39 is 11.9 Å². The maximum Gasteiger partial charge on any atom is 0.341 e. The zero-order valence-electron chi connectivity index (χ0n) is 19.2. The van der Waals surface area contributed by atoms with Crippen LogP contribution in [0.2, 0.25) is 0 Å². The average molecular weight is 539 g/mol. The highest BCUT2D eigenvalue weighted by Gasteiger charge is 2.20. The molecule has 35 heavy (non-hydrogen) atoms. The minimum atomic E-state index is -0.689. The molecule has 0 atom stereocenters. The normalized spacial score (nSPS) is 11.8. The van der Waals surface area contributed by atoms with Gasteiger partial charge in [-0.3, -0.25) is 14.0 Å². The van der Waals surface area contributed by atoms with Gasteiger partial charge in [0, 0.05) is 30.9 Å². The van der Waals surface area contributed by atoms with Crippen molar-refractivity contribution in [2.24, 2.45) is 4.99 Å². The summed E-state index contributed by atoms with van der Waals surface area (Å²) >= 11 is 3.38. The highest BCUT2D eigenvalue weighted by atomic mass is 79.9. The van der Waals surface area contributed by atoms with E-state index in [0.717, 1.165) is 0 Å². The smallest absolute Gasteiger partial charge is 0.341 e. The van der Waals surface area contributed by atoms with Gasteiger partial charge in [-0.15, -0.1) is 0 Å². The number of esters is 1. The van der Waals surface area contributed by atoms with Crippen LogP contribution in [-0.4, -0.2) is 46.2 Å². The van der Waals surface area contributed by atoms with E-state index in [1.54, 1.807) is 67.3 Å². The summed E-state index contributed by atoms with van der Waals surface area (Å²) in [6, 6.07) is 13.5. The van der Waals surface area contributed by atoms with Crippen molar-refractivity contribution in [1.29, 1.82) is 0 Å². The van der Waals surface area contributed by atoms with Crippen molar-refractivity contribution in [3.8, 4) is 0 Å². The number of methoxy groups -OCH3 is 1. The number of carbonyl (C=O) groups is 2. The molecule has 0 radical (unpaired) electrons. The fourth-order valence-corrected chi connectivity index (χ4v) is 4.18. The Bertz CT molecular complexity index is 1560. The summed E-state index contributed by atoms with van der Waals surface area (Å²) in [4.78, 5) is 48.5. The number of aromatic nitrogens is 3. The van der Waals surface area contributed by atoms with Gasteiger partial charge in [0.1, 0.15) is 16.9 Å². The number of rotatable bonds is 7. The summed E-state index contributed by atoms with van der Waals surface area (Å²) in [5.74, 6) is -1.24. The van der Waals surface area contributed by atoms with Crippen molar-refractivity contribution in [3.63, 3.8) is 0 Å². The Kier molecular flexibility index (Phi) is 7.52. The number of halogens is 1. The lowest BCUT2D eigenvalue weighted by Crippen LogP contribution is -2.33. The average Bonchev–Trinajstić information content (AvgIpc) is 2.85. The van der Waals surface area contributed by atoms with Gasteiger partial charge in [0.2, 0.25) is 0 Å². The van der Waals surface area contributed by atoms with Crippen molar-refractivity contribution >= 4 is 44.5 Å². The topological polar surface area (TPSA) is 104 Å². The molecular formula is C25H23BrN4O5. The third-order valence-electron chi connectivity index (χ3n) is 5.33. The van der Waals surface area contributed by atoms with Crippen LogP contribution >= 0.6 is 15.9 Å². The first-order valence-electron chi connectivity index (χ1n) is 11.0. The molecule has 0 aliphatic carbocycles. The summed E-state index contributed by atoms with van der Waals surface area (Å²) in [6.07, 6.45) is 2.14. The molecule has 1 amide bonds. The summed E-state index contributed by atoms with van der Waals surface area (Å²) in [6.45, 7) is 2.52. The number of hydrogen-bond donors (Lipinski definition) is 0. The number of benzene rings is 1. The van der Waals surface area contributed by atoms with Gasteiger partial charge in [-0.2, -0.15) is 4.99 Å². The largest absolute Gasteiger partial charge is 0.462 e. The van der Waals surface area contributed by atoms with Gasteiger partial charge in [0.05, 0.1) is 17.6 Å². The molecule has 1 aromatic carbocycles. The van der Waals surface area contributed by atoms with Crippen LogP contribution < -0.4 is 11.0 Å². The fourth-order valence-electron chi connectivity index (χ4n) is 3.73. The van der Waals surface area contributed by atoms with Gasteiger partial charge >= 0.3 is 5.97 Å². The third kappa shape index (κ3) is 4.94. The first-order valence-corrected chi connectivity index (χ1v) is 11.8. The van der Waals surface area contributed by atoms with Crippen LogP contribution in [0.5, 0.6) is 0 Å². The first-order chi connectivity index (χ1) is 17.0. The van der Waals surface area contributed by atoms with Crippen molar-refractivity contribution in [3.05, 3.63) is 86.2 Å². The predicted octanol–water partition coefficient (Wildman–Crippen LogP) is 3.37. The molecule has 10 heteroatoms. The Morgan fingerprint density at radius 1 is 1.11 bits per heavy atom. The highest BCUT2D eigenvalue weighted by Crippen LogP contribution is 2.17. The van der Waals surface area contributed by atoms with Gasteiger partial charge in [-0.05, 0) is 59.6 Å². The SMILES string of the molecule is CCOC(=O)c1cc2c(=O)n3ccccc3nc2n(CCCOC)c1=NC(=O)c1ccccc1Br. The first kappa shape index (κ1) is 24.5. The van der Waals surface area contributed by atoms with Crippen LogP contribution in [0.15, 0.2) is 69.0 Å². The minimum absolute atomic E-state index is 0.00644. The van der Waals surface area contributed by atoms with E-state index in [-0.39, 0.29) is 28.6 Å². The van der Waals surface area contributed by atoms with Crippen molar-refractivity contribution in [2.45, 2.75) is 19.9 Å². The zero-order chi connectivity index (χ0) is 24.9. The molecule has 0 saturated carbocycles. The molecule has 0 aliphatic rings. The molecule has 9 nitrogen and oxygen atoms in total. The van der Waals surface area contributed by atoms with Crippen LogP contribution in [0, 0.1) is 0 Å². The maximum absolute atomic E-state index is 13.3. The second-order valence-electron chi connectivity index (χ2n) is 7.58. The van der Waals surface area contributed by atoms with Crippen LogP contribution in [0.4, 0.5) is 0 Å². The Morgan fingerprint density at radius 3 is 2.63 bits per heavy atom. The van der Waals surface area contributed by atoms with Crippen molar-refractivity contribution < 1.29 is 19.1 Å². The number of fused-ring (bicyclic) bond motifs is 2. The lowest BCUT2D eigenvalue weighted by molar-refractivity contribution is 0.0523. The van der Waals surface area contributed by atoms with Crippen LogP contribution in [0.25, 0.3) is 16.7 Å². The van der Waals surface area contributed by atoms with Crippen LogP contribution in [0.1, 0.15) is 34.1 Å². The van der Waals surface area contributed by atoms with Gasteiger partial charge in [-0.25, -0.2) is 9.78 Å². The number of aryl methyl sites for hydroxylation is 1. The molecule has 0 saturated heterocycles. The van der Waals surface area contributed by atoms with E-state index in [4.69, 9.17) is 9.47 Å². The van der Waals surface area contributed by atoms with Gasteiger partial charge in [0.15, 0.2) is 5.49 Å². The number of carbonyl (C=O) groups excluding carboxylic acids is 2. The fraction of sp³-hybridized carbons (Fsp3) is 0.240. The summed E-state index contributed by atoms with van der Waals surface area (Å²) in [7, 11) is 1.58. The molecule has 4 aromatic rings. The number of pyridine rings is 2. The Morgan fingerprint density at radius 2 is 1.89 bits per heavy atom. The van der Waals surface area contributed by atoms with E-state index in [2.05, 4.69) is 25.9 Å². The highest BCUT2D eigenvalue weighted by molar-refractivity contribution is 9.10. The van der Waals surface area contributed by atoms with Crippen LogP contribution in [-0.2, 0) is 16.0 Å². The molecule has 0 spiro atoms. The Hall–Kier alpha value is -3.63. The van der Waals surface area contributed by atoms with E-state index in [1.165, 1.54) is 10.5 Å². The van der Waals surface area contributed by atoms with Gasteiger partial charge in [-0.1, -0.05) is 18.2 Å². The molecule has 3 aromatic heterocycles. The minimum Gasteiger partial charge on any atom is -0.462 e. The molecule has 0 fully saturated rings. The lowest BCUT2D eigenvalue weighted by atomic mass is 10.2. The number of hydrogen-bond acceptors (Lipinski definition) is 6. The molecule has 0 aliphatic heterocycles. The lowest BCUT2D eigenvalue weighted by Gasteiger charge is -2.15. The quantitative estimate of drug-likeness (QED) is 0.203. The molecule has 0 N–H and O–H groups in total. The molecular weight excluding hydrogens is 516 g/mol. The van der Waals surface area contributed by atoms with E-state index >= 15 is 0 Å².